The Morgan fingerprint density at radius 1 is 1.00 bits per heavy atom. The van der Waals surface area contributed by atoms with Crippen molar-refractivity contribution in [1.82, 2.24) is 0 Å². The Balaban J connectivity index is 2.76. The highest BCUT2D eigenvalue weighted by Gasteiger charge is 2.48. The summed E-state index contributed by atoms with van der Waals surface area (Å²) in [5, 5.41) is 9.63. The van der Waals surface area contributed by atoms with Crippen LogP contribution in [0, 0.1) is 0 Å². The van der Waals surface area contributed by atoms with E-state index in [4.69, 9.17) is 18.9 Å². The number of rotatable bonds is 4. The van der Waals surface area contributed by atoms with Gasteiger partial charge in [-0.3, -0.25) is 14.4 Å². The van der Waals surface area contributed by atoms with Crippen LogP contribution in [0.4, 0.5) is 0 Å². The molecule has 0 aromatic heterocycles. The van der Waals surface area contributed by atoms with Crippen molar-refractivity contribution in [2.45, 2.75) is 45.4 Å². The quantitative estimate of drug-likeness (QED) is 0.521. The lowest BCUT2D eigenvalue weighted by Gasteiger charge is -2.21. The Morgan fingerprint density at radius 3 is 2.00 bits per heavy atom. The van der Waals surface area contributed by atoms with E-state index in [9.17, 15) is 19.5 Å². The average Bonchev–Trinajstić information content (AvgIpc) is 2.53. The van der Waals surface area contributed by atoms with Gasteiger partial charge in [-0.2, -0.15) is 0 Å². The van der Waals surface area contributed by atoms with Crippen molar-refractivity contribution >= 4 is 17.9 Å². The van der Waals surface area contributed by atoms with Crippen LogP contribution in [0.25, 0.3) is 0 Å². The van der Waals surface area contributed by atoms with E-state index >= 15 is 0 Å². The van der Waals surface area contributed by atoms with Gasteiger partial charge in [-0.05, 0) is 0 Å². The molecule has 108 valence electrons. The van der Waals surface area contributed by atoms with Gasteiger partial charge in [0.2, 0.25) is 0 Å². The minimum Gasteiger partial charge on any atom is -0.463 e. The Bertz CT molecular complexity index is 366. The van der Waals surface area contributed by atoms with E-state index in [1.165, 1.54) is 13.8 Å². The van der Waals surface area contributed by atoms with E-state index < -0.39 is 42.5 Å². The lowest BCUT2D eigenvalue weighted by atomic mass is 10.1. The molecule has 1 heterocycles. The molecule has 8 heteroatoms. The van der Waals surface area contributed by atoms with E-state index in [1.807, 2.05) is 0 Å². The fourth-order valence-electron chi connectivity index (χ4n) is 1.69. The predicted octanol–water partition coefficient (Wildman–Crippen LogP) is -0.870. The molecular formula is C11H16O8. The Kier molecular flexibility index (Phi) is 5.25. The van der Waals surface area contributed by atoms with Gasteiger partial charge in [-0.1, -0.05) is 0 Å². The van der Waals surface area contributed by atoms with Crippen LogP contribution in [0.2, 0.25) is 0 Å². The zero-order valence-corrected chi connectivity index (χ0v) is 10.8. The minimum atomic E-state index is -1.45. The van der Waals surface area contributed by atoms with Crippen molar-refractivity contribution in [3.8, 4) is 0 Å². The first-order valence-corrected chi connectivity index (χ1v) is 5.62. The van der Waals surface area contributed by atoms with Crippen molar-refractivity contribution in [2.75, 3.05) is 6.61 Å². The fourth-order valence-corrected chi connectivity index (χ4v) is 1.69. The van der Waals surface area contributed by atoms with E-state index in [-0.39, 0.29) is 6.61 Å². The first kappa shape index (κ1) is 15.4. The van der Waals surface area contributed by atoms with E-state index in [0.29, 0.717) is 0 Å². The standard InChI is InChI=1S/C11H16O8/c1-5(12)16-4-8-9(17-6(2)13)10(11(15)19-8)18-7(3)14/h8-11,15H,4H2,1-3H3/t8-,9+,10+,11-/m1/s1. The lowest BCUT2D eigenvalue weighted by Crippen LogP contribution is -2.41. The third-order valence-electron chi connectivity index (χ3n) is 2.34. The number of ether oxygens (including phenoxy) is 4. The molecule has 1 aliphatic heterocycles. The van der Waals surface area contributed by atoms with Gasteiger partial charge >= 0.3 is 17.9 Å². The maximum atomic E-state index is 11.0. The van der Waals surface area contributed by atoms with Crippen LogP contribution >= 0.6 is 0 Å². The monoisotopic (exact) mass is 276 g/mol. The molecule has 4 atom stereocenters. The molecule has 1 rings (SSSR count). The summed E-state index contributed by atoms with van der Waals surface area (Å²) in [4.78, 5) is 32.7. The molecule has 1 N–H and O–H groups in total. The van der Waals surface area contributed by atoms with Gasteiger partial charge in [0.25, 0.3) is 0 Å². The number of aliphatic hydroxyl groups excluding tert-OH is 1. The van der Waals surface area contributed by atoms with E-state index in [0.717, 1.165) is 6.92 Å². The molecule has 1 fully saturated rings. The van der Waals surface area contributed by atoms with Gasteiger partial charge < -0.3 is 24.1 Å². The van der Waals surface area contributed by atoms with Crippen LogP contribution in [0.15, 0.2) is 0 Å². The number of hydrogen-bond donors (Lipinski definition) is 1. The highest BCUT2D eigenvalue weighted by molar-refractivity contribution is 5.67. The predicted molar refractivity (Wildman–Crippen MR) is 58.6 cm³/mol. The fraction of sp³-hybridized carbons (Fsp3) is 0.727. The van der Waals surface area contributed by atoms with Crippen LogP contribution in [0.3, 0.4) is 0 Å². The number of carbonyl (C=O) groups excluding carboxylic acids is 3. The van der Waals surface area contributed by atoms with Crippen LogP contribution in [-0.4, -0.2) is 54.2 Å². The van der Waals surface area contributed by atoms with Crippen molar-refractivity contribution < 1.29 is 38.4 Å². The summed E-state index contributed by atoms with van der Waals surface area (Å²) < 4.78 is 19.6. The highest BCUT2D eigenvalue weighted by atomic mass is 16.7. The average molecular weight is 276 g/mol. The maximum absolute atomic E-state index is 11.0. The van der Waals surface area contributed by atoms with Crippen molar-refractivity contribution in [3.05, 3.63) is 0 Å². The molecule has 0 unspecified atom stereocenters. The molecule has 0 aromatic carbocycles. The topological polar surface area (TPSA) is 108 Å². The number of hydrogen-bond acceptors (Lipinski definition) is 8. The van der Waals surface area contributed by atoms with Gasteiger partial charge in [0.05, 0.1) is 0 Å². The Labute approximate surface area is 109 Å². The summed E-state index contributed by atoms with van der Waals surface area (Å²) in [5.41, 5.74) is 0. The summed E-state index contributed by atoms with van der Waals surface area (Å²) in [7, 11) is 0. The minimum absolute atomic E-state index is 0.220. The molecule has 1 aliphatic rings. The van der Waals surface area contributed by atoms with Crippen LogP contribution in [-0.2, 0) is 33.3 Å². The van der Waals surface area contributed by atoms with Crippen molar-refractivity contribution in [2.24, 2.45) is 0 Å². The molecule has 8 nitrogen and oxygen atoms in total. The Hall–Kier alpha value is -1.67. The number of esters is 3. The third kappa shape index (κ3) is 4.49. The molecular weight excluding hydrogens is 260 g/mol. The normalized spacial score (nSPS) is 29.7. The molecule has 1 saturated heterocycles. The molecule has 0 aromatic rings. The van der Waals surface area contributed by atoms with Gasteiger partial charge in [0, 0.05) is 20.8 Å². The molecule has 0 radical (unpaired) electrons. The number of carbonyl (C=O) groups is 3. The van der Waals surface area contributed by atoms with Crippen molar-refractivity contribution in [3.63, 3.8) is 0 Å². The van der Waals surface area contributed by atoms with Crippen LogP contribution in [0.5, 0.6) is 0 Å². The second-order valence-electron chi connectivity index (χ2n) is 4.02. The SMILES string of the molecule is CC(=O)OC[C@H]1O[C@@H](O)[C@@H](OC(C)=O)[C@H]1OC(C)=O. The summed E-state index contributed by atoms with van der Waals surface area (Å²) in [6.45, 7) is 3.30. The third-order valence-corrected chi connectivity index (χ3v) is 2.34. The van der Waals surface area contributed by atoms with Gasteiger partial charge in [-0.25, -0.2) is 0 Å². The van der Waals surface area contributed by atoms with E-state index in [2.05, 4.69) is 0 Å². The maximum Gasteiger partial charge on any atom is 0.303 e. The zero-order valence-electron chi connectivity index (χ0n) is 10.8. The number of aliphatic hydroxyl groups is 1. The summed E-state index contributed by atoms with van der Waals surface area (Å²) in [6.07, 6.45) is -4.53. The second-order valence-corrected chi connectivity index (χ2v) is 4.02. The smallest absolute Gasteiger partial charge is 0.303 e. The molecule has 0 bridgehead atoms. The molecule has 0 saturated carbocycles. The highest BCUT2D eigenvalue weighted by Crippen LogP contribution is 2.26. The van der Waals surface area contributed by atoms with E-state index in [1.54, 1.807) is 0 Å². The first-order valence-electron chi connectivity index (χ1n) is 5.62. The molecule has 19 heavy (non-hydrogen) atoms. The summed E-state index contributed by atoms with van der Waals surface area (Å²) in [6, 6.07) is 0. The zero-order chi connectivity index (χ0) is 14.6. The summed E-state index contributed by atoms with van der Waals surface area (Å²) in [5.74, 6) is -1.83. The first-order chi connectivity index (χ1) is 8.81. The Morgan fingerprint density at radius 2 is 1.53 bits per heavy atom. The van der Waals surface area contributed by atoms with Gasteiger partial charge in [0.1, 0.15) is 12.7 Å². The lowest BCUT2D eigenvalue weighted by molar-refractivity contribution is -0.174. The molecule has 0 amide bonds. The molecule has 0 spiro atoms. The van der Waals surface area contributed by atoms with Gasteiger partial charge in [0.15, 0.2) is 18.5 Å². The van der Waals surface area contributed by atoms with Crippen molar-refractivity contribution in [1.29, 1.82) is 0 Å². The van der Waals surface area contributed by atoms with Gasteiger partial charge in [-0.15, -0.1) is 0 Å². The molecule has 0 aliphatic carbocycles. The second kappa shape index (κ2) is 6.48. The summed E-state index contributed by atoms with van der Waals surface area (Å²) >= 11 is 0. The van der Waals surface area contributed by atoms with Crippen LogP contribution in [0.1, 0.15) is 20.8 Å². The van der Waals surface area contributed by atoms with Crippen LogP contribution < -0.4 is 0 Å². The largest absolute Gasteiger partial charge is 0.463 e.